The molecule has 0 radical (unpaired) electrons. The monoisotopic (exact) mass is 374 g/mol. The molecule has 0 unspecified atom stereocenters. The highest BCUT2D eigenvalue weighted by Crippen LogP contribution is 2.13. The van der Waals surface area contributed by atoms with E-state index in [2.05, 4.69) is 34.9 Å². The lowest BCUT2D eigenvalue weighted by Crippen LogP contribution is -3.11. The van der Waals surface area contributed by atoms with E-state index in [4.69, 9.17) is 23.8 Å². The third kappa shape index (κ3) is 5.99. The molecule has 2 aromatic rings. The van der Waals surface area contributed by atoms with Crippen LogP contribution in [-0.2, 0) is 13.1 Å². The number of likely N-dealkylation sites (tertiary alicyclic amines) is 1. The maximum atomic E-state index is 5.89. The van der Waals surface area contributed by atoms with Crippen LogP contribution < -0.4 is 15.5 Å². The fourth-order valence-electron chi connectivity index (χ4n) is 3.18. The first-order valence-electron chi connectivity index (χ1n) is 8.91. The number of piperidine rings is 1. The van der Waals surface area contributed by atoms with Crippen LogP contribution in [0.5, 0.6) is 0 Å². The molecule has 3 rings (SSSR count). The van der Waals surface area contributed by atoms with Crippen molar-refractivity contribution in [2.24, 2.45) is 0 Å². The minimum absolute atomic E-state index is 0.615. The molecule has 1 aliphatic heterocycles. The van der Waals surface area contributed by atoms with E-state index in [0.29, 0.717) is 5.11 Å². The first-order chi connectivity index (χ1) is 12.2. The van der Waals surface area contributed by atoms with Gasteiger partial charge in [-0.2, -0.15) is 0 Å². The molecule has 25 heavy (non-hydrogen) atoms. The lowest BCUT2D eigenvalue weighted by molar-refractivity contribution is -0.918. The average Bonchev–Trinajstić information content (AvgIpc) is 2.64. The smallest absolute Gasteiger partial charge is 0.171 e. The van der Waals surface area contributed by atoms with E-state index in [1.807, 2.05) is 24.3 Å². The molecule has 1 saturated heterocycles. The van der Waals surface area contributed by atoms with Gasteiger partial charge >= 0.3 is 0 Å². The molecule has 0 amide bonds. The van der Waals surface area contributed by atoms with Gasteiger partial charge < -0.3 is 15.5 Å². The van der Waals surface area contributed by atoms with E-state index >= 15 is 0 Å². The van der Waals surface area contributed by atoms with E-state index in [1.165, 1.54) is 43.5 Å². The van der Waals surface area contributed by atoms with Crippen LogP contribution in [0.1, 0.15) is 30.4 Å². The first-order valence-corrected chi connectivity index (χ1v) is 9.69. The zero-order valence-electron chi connectivity index (χ0n) is 14.4. The average molecular weight is 375 g/mol. The second-order valence-corrected chi connectivity index (χ2v) is 7.46. The van der Waals surface area contributed by atoms with E-state index in [1.54, 1.807) is 4.90 Å². The standard InChI is InChI=1S/C20H24ClN3S/c21-18-8-10-19(11-9-18)23-20(25)22-14-16-4-6-17(7-5-16)15-24-12-2-1-3-13-24/h4-11H,1-3,12-15H2,(H2,22,23,25)/p+1. The van der Waals surface area contributed by atoms with Crippen molar-refractivity contribution in [2.45, 2.75) is 32.4 Å². The summed E-state index contributed by atoms with van der Waals surface area (Å²) in [6.45, 7) is 4.49. The van der Waals surface area contributed by atoms with Gasteiger partial charge in [-0.05, 0) is 61.3 Å². The van der Waals surface area contributed by atoms with E-state index in [0.717, 1.165) is 23.8 Å². The van der Waals surface area contributed by atoms with Crippen molar-refractivity contribution in [3.05, 3.63) is 64.7 Å². The van der Waals surface area contributed by atoms with Crippen LogP contribution in [0, 0.1) is 0 Å². The van der Waals surface area contributed by atoms with Gasteiger partial charge in [0.15, 0.2) is 5.11 Å². The van der Waals surface area contributed by atoms with Crippen LogP contribution in [0.25, 0.3) is 0 Å². The molecule has 3 N–H and O–H groups in total. The predicted octanol–water partition coefficient (Wildman–Crippen LogP) is 3.40. The molecule has 5 heteroatoms. The Morgan fingerprint density at radius 3 is 2.24 bits per heavy atom. The summed E-state index contributed by atoms with van der Waals surface area (Å²) in [6, 6.07) is 16.4. The van der Waals surface area contributed by atoms with Crippen molar-refractivity contribution in [3.8, 4) is 0 Å². The second-order valence-electron chi connectivity index (χ2n) is 6.62. The van der Waals surface area contributed by atoms with Gasteiger partial charge in [-0.15, -0.1) is 0 Å². The third-order valence-electron chi connectivity index (χ3n) is 4.59. The van der Waals surface area contributed by atoms with Gasteiger partial charge in [0.05, 0.1) is 13.1 Å². The van der Waals surface area contributed by atoms with Gasteiger partial charge in [-0.25, -0.2) is 0 Å². The molecule has 0 saturated carbocycles. The maximum Gasteiger partial charge on any atom is 0.171 e. The minimum atomic E-state index is 0.615. The van der Waals surface area contributed by atoms with Gasteiger partial charge in [0.2, 0.25) is 0 Å². The Balaban J connectivity index is 1.44. The van der Waals surface area contributed by atoms with E-state index in [-0.39, 0.29) is 0 Å². The molecular weight excluding hydrogens is 350 g/mol. The maximum absolute atomic E-state index is 5.89. The topological polar surface area (TPSA) is 28.5 Å². The van der Waals surface area contributed by atoms with Gasteiger partial charge in [0, 0.05) is 22.8 Å². The fourth-order valence-corrected chi connectivity index (χ4v) is 3.50. The number of nitrogens with one attached hydrogen (secondary N) is 3. The zero-order valence-corrected chi connectivity index (χ0v) is 15.9. The Morgan fingerprint density at radius 1 is 0.920 bits per heavy atom. The van der Waals surface area contributed by atoms with Crippen LogP contribution in [-0.4, -0.2) is 18.2 Å². The highest BCUT2D eigenvalue weighted by molar-refractivity contribution is 7.80. The van der Waals surface area contributed by atoms with Crippen molar-refractivity contribution >= 4 is 34.6 Å². The molecular formula is C20H25ClN3S+. The summed E-state index contributed by atoms with van der Waals surface area (Å²) >= 11 is 11.2. The summed E-state index contributed by atoms with van der Waals surface area (Å²) in [4.78, 5) is 1.71. The summed E-state index contributed by atoms with van der Waals surface area (Å²) in [5, 5.41) is 7.74. The number of hydrogen-bond acceptors (Lipinski definition) is 1. The number of hydrogen-bond donors (Lipinski definition) is 3. The minimum Gasteiger partial charge on any atom is -0.358 e. The van der Waals surface area contributed by atoms with Crippen LogP contribution in [0.2, 0.25) is 5.02 Å². The SMILES string of the molecule is S=C(NCc1ccc(C[NH+]2CCCCC2)cc1)Nc1ccc(Cl)cc1. The second kappa shape index (κ2) is 9.18. The number of quaternary nitrogens is 1. The molecule has 0 atom stereocenters. The summed E-state index contributed by atoms with van der Waals surface area (Å²) < 4.78 is 0. The molecule has 2 aromatic carbocycles. The molecule has 1 heterocycles. The van der Waals surface area contributed by atoms with Gasteiger partial charge in [0.25, 0.3) is 0 Å². The van der Waals surface area contributed by atoms with E-state index in [9.17, 15) is 0 Å². The van der Waals surface area contributed by atoms with Crippen molar-refractivity contribution in [3.63, 3.8) is 0 Å². The summed E-state index contributed by atoms with van der Waals surface area (Å²) in [5.74, 6) is 0. The Labute approximate surface area is 160 Å². The Bertz CT molecular complexity index is 679. The third-order valence-corrected chi connectivity index (χ3v) is 5.09. The zero-order chi connectivity index (χ0) is 17.5. The van der Waals surface area contributed by atoms with Crippen molar-refractivity contribution in [1.82, 2.24) is 5.32 Å². The predicted molar refractivity (Wildman–Crippen MR) is 109 cm³/mol. The van der Waals surface area contributed by atoms with Gasteiger partial charge in [-0.1, -0.05) is 35.9 Å². The molecule has 0 spiro atoms. The van der Waals surface area contributed by atoms with E-state index < -0.39 is 0 Å². The molecule has 1 aliphatic rings. The Kier molecular flexibility index (Phi) is 6.68. The van der Waals surface area contributed by atoms with Crippen molar-refractivity contribution in [2.75, 3.05) is 18.4 Å². The van der Waals surface area contributed by atoms with Crippen LogP contribution in [0.15, 0.2) is 48.5 Å². The number of halogens is 1. The van der Waals surface area contributed by atoms with Crippen LogP contribution in [0.4, 0.5) is 5.69 Å². The van der Waals surface area contributed by atoms with Gasteiger partial charge in [0.1, 0.15) is 6.54 Å². The largest absolute Gasteiger partial charge is 0.358 e. The lowest BCUT2D eigenvalue weighted by atomic mass is 10.1. The Morgan fingerprint density at radius 2 is 1.56 bits per heavy atom. The Hall–Kier alpha value is -1.62. The fraction of sp³-hybridized carbons (Fsp3) is 0.350. The molecule has 0 aromatic heterocycles. The molecule has 1 fully saturated rings. The molecule has 3 nitrogen and oxygen atoms in total. The van der Waals surface area contributed by atoms with Crippen LogP contribution >= 0.6 is 23.8 Å². The number of thiocarbonyl (C=S) groups is 1. The summed E-state index contributed by atoms with van der Waals surface area (Å²) in [7, 11) is 0. The highest BCUT2D eigenvalue weighted by Gasteiger charge is 2.13. The molecule has 0 bridgehead atoms. The summed E-state index contributed by atoms with van der Waals surface area (Å²) in [5.41, 5.74) is 3.59. The number of anilines is 1. The summed E-state index contributed by atoms with van der Waals surface area (Å²) in [6.07, 6.45) is 4.14. The quantitative estimate of drug-likeness (QED) is 0.700. The number of benzene rings is 2. The molecule has 132 valence electrons. The highest BCUT2D eigenvalue weighted by atomic mass is 35.5. The molecule has 0 aliphatic carbocycles. The van der Waals surface area contributed by atoms with Crippen LogP contribution in [0.3, 0.4) is 0 Å². The normalized spacial score (nSPS) is 14.9. The number of rotatable bonds is 5. The first kappa shape index (κ1) is 18.2. The van der Waals surface area contributed by atoms with Crippen molar-refractivity contribution in [1.29, 1.82) is 0 Å². The van der Waals surface area contributed by atoms with Crippen molar-refractivity contribution < 1.29 is 4.90 Å². The van der Waals surface area contributed by atoms with Gasteiger partial charge in [-0.3, -0.25) is 0 Å². The lowest BCUT2D eigenvalue weighted by Gasteiger charge is -2.23.